The zero-order valence-corrected chi connectivity index (χ0v) is 11.3. The first-order valence-corrected chi connectivity index (χ1v) is 6.64. The van der Waals surface area contributed by atoms with E-state index in [1.54, 1.807) is 11.3 Å². The lowest BCUT2D eigenvalue weighted by molar-refractivity contribution is 0.370. The Hall–Kier alpha value is -0.720. The standard InChI is InChI=1S/C10H12BrN3OS/c1-7-9(16-6-13-7)2-3-12-5-8-4-10(11)14-15-8/h4,6,12H,2-3,5H2,1H3. The van der Waals surface area contributed by atoms with Crippen molar-refractivity contribution in [1.29, 1.82) is 0 Å². The van der Waals surface area contributed by atoms with Crippen molar-refractivity contribution in [2.75, 3.05) is 6.54 Å². The molecule has 6 heteroatoms. The largest absolute Gasteiger partial charge is 0.359 e. The number of aromatic nitrogens is 2. The molecule has 0 unspecified atom stereocenters. The Balaban J connectivity index is 1.71. The Morgan fingerprint density at radius 2 is 2.44 bits per heavy atom. The molecule has 0 saturated carbocycles. The SMILES string of the molecule is Cc1ncsc1CCNCc1cc(Br)no1. The molecule has 0 saturated heterocycles. The maximum absolute atomic E-state index is 5.06. The Labute approximate surface area is 106 Å². The molecule has 0 spiro atoms. The van der Waals surface area contributed by atoms with Gasteiger partial charge in [0.15, 0.2) is 5.76 Å². The van der Waals surface area contributed by atoms with Gasteiger partial charge in [-0.15, -0.1) is 11.3 Å². The van der Waals surface area contributed by atoms with Gasteiger partial charge in [0.25, 0.3) is 0 Å². The third-order valence-corrected chi connectivity index (χ3v) is 3.57. The van der Waals surface area contributed by atoms with Crippen molar-refractivity contribution in [3.05, 3.63) is 32.5 Å². The predicted molar refractivity (Wildman–Crippen MR) is 66.5 cm³/mol. The first-order chi connectivity index (χ1) is 7.75. The third kappa shape index (κ3) is 3.13. The average molecular weight is 302 g/mol. The van der Waals surface area contributed by atoms with Crippen molar-refractivity contribution in [3.8, 4) is 0 Å². The van der Waals surface area contributed by atoms with E-state index in [1.807, 2.05) is 18.5 Å². The molecule has 86 valence electrons. The van der Waals surface area contributed by atoms with E-state index in [0.29, 0.717) is 6.54 Å². The van der Waals surface area contributed by atoms with Crippen LogP contribution in [0.1, 0.15) is 16.3 Å². The van der Waals surface area contributed by atoms with Gasteiger partial charge >= 0.3 is 0 Å². The highest BCUT2D eigenvalue weighted by Crippen LogP contribution is 2.12. The lowest BCUT2D eigenvalue weighted by Crippen LogP contribution is -2.16. The summed E-state index contributed by atoms with van der Waals surface area (Å²) in [6.45, 7) is 3.66. The van der Waals surface area contributed by atoms with E-state index in [2.05, 4.69) is 31.4 Å². The van der Waals surface area contributed by atoms with E-state index in [4.69, 9.17) is 4.52 Å². The smallest absolute Gasteiger partial charge is 0.151 e. The maximum atomic E-state index is 5.06. The number of hydrogen-bond donors (Lipinski definition) is 1. The van der Waals surface area contributed by atoms with Gasteiger partial charge in [-0.25, -0.2) is 4.98 Å². The van der Waals surface area contributed by atoms with E-state index >= 15 is 0 Å². The maximum Gasteiger partial charge on any atom is 0.151 e. The van der Waals surface area contributed by atoms with Crippen LogP contribution in [0.3, 0.4) is 0 Å². The summed E-state index contributed by atoms with van der Waals surface area (Å²) in [6.07, 6.45) is 1.01. The number of aryl methyl sites for hydroxylation is 1. The molecule has 0 fully saturated rings. The molecule has 16 heavy (non-hydrogen) atoms. The lowest BCUT2D eigenvalue weighted by atomic mass is 10.3. The van der Waals surface area contributed by atoms with Crippen LogP contribution in [0, 0.1) is 6.92 Å². The molecule has 0 bridgehead atoms. The normalized spacial score (nSPS) is 10.9. The minimum absolute atomic E-state index is 0.705. The van der Waals surface area contributed by atoms with Crippen molar-refractivity contribution >= 4 is 27.3 Å². The van der Waals surface area contributed by atoms with Gasteiger partial charge in [-0.05, 0) is 29.3 Å². The first-order valence-electron chi connectivity index (χ1n) is 4.96. The Kier molecular flexibility index (Phi) is 4.09. The number of hydrogen-bond acceptors (Lipinski definition) is 5. The number of thiazole rings is 1. The van der Waals surface area contributed by atoms with Crippen LogP contribution in [0.5, 0.6) is 0 Å². The number of nitrogens with one attached hydrogen (secondary N) is 1. The van der Waals surface area contributed by atoms with E-state index in [-0.39, 0.29) is 0 Å². The van der Waals surface area contributed by atoms with Gasteiger partial charge in [-0.1, -0.05) is 5.16 Å². The molecule has 2 rings (SSSR count). The zero-order valence-electron chi connectivity index (χ0n) is 8.86. The van der Waals surface area contributed by atoms with Gasteiger partial charge in [0, 0.05) is 17.5 Å². The second-order valence-corrected chi connectivity index (χ2v) is 5.16. The van der Waals surface area contributed by atoms with Gasteiger partial charge in [0.05, 0.1) is 17.7 Å². The fraction of sp³-hybridized carbons (Fsp3) is 0.400. The molecule has 0 radical (unpaired) electrons. The number of halogens is 1. The molecular weight excluding hydrogens is 290 g/mol. The Morgan fingerprint density at radius 3 is 3.06 bits per heavy atom. The first kappa shape index (κ1) is 11.8. The Bertz CT molecular complexity index is 454. The molecule has 0 aliphatic carbocycles. The summed E-state index contributed by atoms with van der Waals surface area (Å²) in [5.41, 5.74) is 3.02. The molecule has 2 aromatic rings. The molecule has 0 atom stereocenters. The molecule has 0 aliphatic rings. The minimum atomic E-state index is 0.705. The summed E-state index contributed by atoms with van der Waals surface area (Å²) in [5.74, 6) is 0.841. The summed E-state index contributed by atoms with van der Waals surface area (Å²) in [6, 6.07) is 1.87. The summed E-state index contributed by atoms with van der Waals surface area (Å²) < 4.78 is 5.79. The fourth-order valence-corrected chi connectivity index (χ4v) is 2.46. The van der Waals surface area contributed by atoms with Gasteiger partial charge in [0.1, 0.15) is 4.60 Å². The fourth-order valence-electron chi connectivity index (χ4n) is 1.35. The highest BCUT2D eigenvalue weighted by atomic mass is 79.9. The Morgan fingerprint density at radius 1 is 1.56 bits per heavy atom. The second kappa shape index (κ2) is 5.56. The zero-order chi connectivity index (χ0) is 11.4. The topological polar surface area (TPSA) is 51.0 Å². The van der Waals surface area contributed by atoms with Crippen LogP contribution in [0.4, 0.5) is 0 Å². The molecule has 0 aromatic carbocycles. The van der Waals surface area contributed by atoms with Gasteiger partial charge in [0.2, 0.25) is 0 Å². The van der Waals surface area contributed by atoms with Crippen LogP contribution in [-0.4, -0.2) is 16.7 Å². The van der Waals surface area contributed by atoms with Crippen LogP contribution in [0.25, 0.3) is 0 Å². The predicted octanol–water partition coefficient (Wildman–Crippen LogP) is 2.53. The summed E-state index contributed by atoms with van der Waals surface area (Å²) in [5, 5.41) is 7.06. The summed E-state index contributed by atoms with van der Waals surface area (Å²) in [7, 11) is 0. The number of nitrogens with zero attached hydrogens (tertiary/aromatic N) is 2. The molecule has 0 amide bonds. The van der Waals surface area contributed by atoms with Crippen molar-refractivity contribution in [2.45, 2.75) is 19.9 Å². The van der Waals surface area contributed by atoms with Crippen molar-refractivity contribution in [3.63, 3.8) is 0 Å². The molecule has 2 aromatic heterocycles. The molecule has 0 aliphatic heterocycles. The van der Waals surface area contributed by atoms with Crippen LogP contribution in [0.15, 0.2) is 20.7 Å². The van der Waals surface area contributed by atoms with E-state index in [9.17, 15) is 0 Å². The third-order valence-electron chi connectivity index (χ3n) is 2.20. The minimum Gasteiger partial charge on any atom is -0.359 e. The highest BCUT2D eigenvalue weighted by molar-refractivity contribution is 9.10. The van der Waals surface area contributed by atoms with Crippen molar-refractivity contribution in [2.24, 2.45) is 0 Å². The van der Waals surface area contributed by atoms with E-state index in [1.165, 1.54) is 4.88 Å². The van der Waals surface area contributed by atoms with Gasteiger partial charge in [-0.2, -0.15) is 0 Å². The highest BCUT2D eigenvalue weighted by Gasteiger charge is 2.02. The second-order valence-electron chi connectivity index (χ2n) is 3.40. The van der Waals surface area contributed by atoms with E-state index in [0.717, 1.165) is 29.0 Å². The van der Waals surface area contributed by atoms with Gasteiger partial charge < -0.3 is 9.84 Å². The molecule has 4 nitrogen and oxygen atoms in total. The quantitative estimate of drug-likeness (QED) is 0.862. The number of rotatable bonds is 5. The summed E-state index contributed by atoms with van der Waals surface area (Å²) in [4.78, 5) is 5.55. The van der Waals surface area contributed by atoms with Crippen LogP contribution in [0.2, 0.25) is 0 Å². The van der Waals surface area contributed by atoms with Crippen LogP contribution < -0.4 is 5.32 Å². The summed E-state index contributed by atoms with van der Waals surface area (Å²) >= 11 is 4.95. The molecule has 1 N–H and O–H groups in total. The lowest BCUT2D eigenvalue weighted by Gasteiger charge is -2.00. The monoisotopic (exact) mass is 301 g/mol. The van der Waals surface area contributed by atoms with Crippen molar-refractivity contribution in [1.82, 2.24) is 15.5 Å². The van der Waals surface area contributed by atoms with Crippen LogP contribution in [-0.2, 0) is 13.0 Å². The van der Waals surface area contributed by atoms with E-state index < -0.39 is 0 Å². The van der Waals surface area contributed by atoms with Gasteiger partial charge in [-0.3, -0.25) is 0 Å². The average Bonchev–Trinajstić information content (AvgIpc) is 2.83. The van der Waals surface area contributed by atoms with Crippen molar-refractivity contribution < 1.29 is 4.52 Å². The molecular formula is C10H12BrN3OS. The van der Waals surface area contributed by atoms with Crippen LogP contribution >= 0.6 is 27.3 Å². The molecule has 2 heterocycles.